The Balaban J connectivity index is 4.29. The monoisotopic (exact) mass is 183 g/mol. The van der Waals surface area contributed by atoms with E-state index in [4.69, 9.17) is 10.5 Å². The van der Waals surface area contributed by atoms with E-state index in [0.717, 1.165) is 0 Å². The van der Waals surface area contributed by atoms with E-state index in [1.54, 1.807) is 6.92 Å². The molecule has 0 fully saturated rings. The molecule has 0 aliphatic rings. The second-order valence-electron chi connectivity index (χ2n) is 2.44. The Labute approximate surface area is 77.4 Å². The fourth-order valence-corrected chi connectivity index (χ4v) is 0.797. The minimum atomic E-state index is -0.795. The van der Waals surface area contributed by atoms with Gasteiger partial charge in [-0.25, -0.2) is 0 Å². The molecule has 4 nitrogen and oxygen atoms in total. The predicted octanol–water partition coefficient (Wildman–Crippen LogP) is 0.0644. The van der Waals surface area contributed by atoms with E-state index in [2.05, 4.69) is 12.0 Å². The van der Waals surface area contributed by atoms with Crippen LogP contribution < -0.4 is 5.73 Å². The molecule has 0 bridgehead atoms. The van der Waals surface area contributed by atoms with Gasteiger partial charge in [0, 0.05) is 12.5 Å². The third kappa shape index (κ3) is 4.16. The van der Waals surface area contributed by atoms with E-state index in [1.807, 2.05) is 0 Å². The Kier molecular flexibility index (Phi) is 5.37. The van der Waals surface area contributed by atoms with Gasteiger partial charge in [-0.1, -0.05) is 5.92 Å². The number of ketones is 1. The van der Waals surface area contributed by atoms with Gasteiger partial charge < -0.3 is 10.5 Å². The number of carbonyl (C=O) groups excluding carboxylic acids is 2. The van der Waals surface area contributed by atoms with Gasteiger partial charge in [0.05, 0.1) is 6.61 Å². The van der Waals surface area contributed by atoms with Crippen LogP contribution >= 0.6 is 0 Å². The Morgan fingerprint density at radius 1 is 1.54 bits per heavy atom. The number of Topliss-reactive ketones (excluding diaryl/α,β-unsaturated/α-hetero) is 1. The first-order valence-corrected chi connectivity index (χ1v) is 3.99. The minimum Gasteiger partial charge on any atom is -0.465 e. The van der Waals surface area contributed by atoms with Crippen molar-refractivity contribution in [1.82, 2.24) is 0 Å². The summed E-state index contributed by atoms with van der Waals surface area (Å²) in [4.78, 5) is 22.1. The topological polar surface area (TPSA) is 69.4 Å². The number of ether oxygens (including phenoxy) is 1. The summed E-state index contributed by atoms with van der Waals surface area (Å²) < 4.78 is 4.69. The highest BCUT2D eigenvalue weighted by Gasteiger charge is 2.23. The third-order valence-corrected chi connectivity index (χ3v) is 1.47. The van der Waals surface area contributed by atoms with E-state index < -0.39 is 11.9 Å². The van der Waals surface area contributed by atoms with E-state index >= 15 is 0 Å². The zero-order valence-electron chi connectivity index (χ0n) is 7.79. The van der Waals surface area contributed by atoms with Crippen LogP contribution in [0, 0.1) is 17.9 Å². The largest absolute Gasteiger partial charge is 0.465 e. The minimum absolute atomic E-state index is 0.130. The summed E-state index contributed by atoms with van der Waals surface area (Å²) in [5.41, 5.74) is 4.93. The molecule has 0 aliphatic heterocycles. The van der Waals surface area contributed by atoms with Crippen molar-refractivity contribution in [3.63, 3.8) is 0 Å². The van der Waals surface area contributed by atoms with Crippen molar-refractivity contribution in [3.8, 4) is 12.0 Å². The standard InChI is InChI=1S/C9H13NO3/c1-3-13-9(12)8(7(2)11)5-4-6-10/h8H,3,5,10H2,1-2H3. The lowest BCUT2D eigenvalue weighted by molar-refractivity contribution is -0.150. The van der Waals surface area contributed by atoms with Crippen LogP contribution in [-0.4, -0.2) is 18.4 Å². The number of rotatable bonds is 4. The fraction of sp³-hybridized carbons (Fsp3) is 0.556. The van der Waals surface area contributed by atoms with E-state index in [1.165, 1.54) is 6.92 Å². The molecule has 0 amide bonds. The zero-order valence-corrected chi connectivity index (χ0v) is 7.79. The van der Waals surface area contributed by atoms with Gasteiger partial charge in [-0.15, -0.1) is 0 Å². The van der Waals surface area contributed by atoms with Crippen LogP contribution in [0.1, 0.15) is 20.3 Å². The summed E-state index contributed by atoms with van der Waals surface area (Å²) in [7, 11) is 0. The first kappa shape index (κ1) is 11.5. The van der Waals surface area contributed by atoms with Crippen molar-refractivity contribution in [2.45, 2.75) is 20.3 Å². The van der Waals surface area contributed by atoms with Crippen LogP contribution in [0.25, 0.3) is 0 Å². The Morgan fingerprint density at radius 3 is 2.54 bits per heavy atom. The summed E-state index contributed by atoms with van der Waals surface area (Å²) in [6, 6.07) is 2.14. The molecule has 0 radical (unpaired) electrons. The maximum Gasteiger partial charge on any atom is 0.317 e. The van der Waals surface area contributed by atoms with Gasteiger partial charge in [-0.3, -0.25) is 9.59 Å². The molecule has 13 heavy (non-hydrogen) atoms. The highest BCUT2D eigenvalue weighted by atomic mass is 16.5. The van der Waals surface area contributed by atoms with Crippen LogP contribution in [0.3, 0.4) is 0 Å². The van der Waals surface area contributed by atoms with Gasteiger partial charge in [-0.05, 0) is 13.8 Å². The maximum absolute atomic E-state index is 11.1. The number of hydrogen-bond donors (Lipinski definition) is 1. The predicted molar refractivity (Wildman–Crippen MR) is 47.4 cm³/mol. The molecule has 0 rings (SSSR count). The average molecular weight is 183 g/mol. The van der Waals surface area contributed by atoms with Crippen LogP contribution in [0.15, 0.2) is 0 Å². The average Bonchev–Trinajstić information content (AvgIpc) is 2.05. The summed E-state index contributed by atoms with van der Waals surface area (Å²) in [6.45, 7) is 3.28. The smallest absolute Gasteiger partial charge is 0.317 e. The number of hydrogen-bond acceptors (Lipinski definition) is 4. The van der Waals surface area contributed by atoms with Crippen LogP contribution in [0.5, 0.6) is 0 Å². The highest BCUT2D eigenvalue weighted by molar-refractivity contribution is 5.97. The number of nitrogens with two attached hydrogens (primary N) is 1. The maximum atomic E-state index is 11.1. The second-order valence-corrected chi connectivity index (χ2v) is 2.44. The molecule has 72 valence electrons. The summed E-state index contributed by atoms with van der Waals surface area (Å²) in [5, 5.41) is 0. The van der Waals surface area contributed by atoms with Gasteiger partial charge in [0.1, 0.15) is 11.7 Å². The zero-order chi connectivity index (χ0) is 10.3. The molecule has 1 atom stereocenters. The highest BCUT2D eigenvalue weighted by Crippen LogP contribution is 2.06. The third-order valence-electron chi connectivity index (χ3n) is 1.47. The molecule has 0 heterocycles. The van der Waals surface area contributed by atoms with Crippen molar-refractivity contribution in [2.75, 3.05) is 6.61 Å². The van der Waals surface area contributed by atoms with Crippen molar-refractivity contribution in [2.24, 2.45) is 11.7 Å². The molecular formula is C9H13NO3. The quantitative estimate of drug-likeness (QED) is 0.290. The molecule has 0 saturated carbocycles. The van der Waals surface area contributed by atoms with Crippen LogP contribution in [0.4, 0.5) is 0 Å². The molecule has 0 saturated heterocycles. The number of esters is 1. The lowest BCUT2D eigenvalue weighted by Gasteiger charge is -2.08. The Morgan fingerprint density at radius 2 is 2.15 bits per heavy atom. The van der Waals surface area contributed by atoms with Gasteiger partial charge in [-0.2, -0.15) is 0 Å². The van der Waals surface area contributed by atoms with E-state index in [0.29, 0.717) is 0 Å². The molecule has 1 unspecified atom stereocenters. The molecule has 0 spiro atoms. The molecule has 2 N–H and O–H groups in total. The van der Waals surface area contributed by atoms with Gasteiger partial charge in [0.2, 0.25) is 0 Å². The van der Waals surface area contributed by atoms with Crippen molar-refractivity contribution >= 4 is 11.8 Å². The lowest BCUT2D eigenvalue weighted by atomic mass is 10.0. The first-order chi connectivity index (χ1) is 6.13. The summed E-state index contributed by atoms with van der Waals surface area (Å²) in [6.07, 6.45) is 0.130. The van der Waals surface area contributed by atoms with E-state index in [9.17, 15) is 9.59 Å². The Bertz CT molecular complexity index is 249. The molecule has 4 heteroatoms. The first-order valence-electron chi connectivity index (χ1n) is 3.99. The lowest BCUT2D eigenvalue weighted by Crippen LogP contribution is -2.23. The van der Waals surface area contributed by atoms with Crippen LogP contribution in [-0.2, 0) is 14.3 Å². The van der Waals surface area contributed by atoms with Gasteiger partial charge in [0.25, 0.3) is 0 Å². The second kappa shape index (κ2) is 6.06. The normalized spacial score (nSPS) is 10.9. The van der Waals surface area contributed by atoms with Crippen molar-refractivity contribution < 1.29 is 14.3 Å². The summed E-state index contributed by atoms with van der Waals surface area (Å²) >= 11 is 0. The molecule has 0 aliphatic carbocycles. The van der Waals surface area contributed by atoms with Crippen molar-refractivity contribution in [3.05, 3.63) is 0 Å². The molecule has 0 aromatic rings. The SMILES string of the molecule is CCOC(=O)C(CC#CN)C(C)=O. The van der Waals surface area contributed by atoms with Gasteiger partial charge in [0.15, 0.2) is 0 Å². The van der Waals surface area contributed by atoms with Crippen molar-refractivity contribution in [1.29, 1.82) is 0 Å². The van der Waals surface area contributed by atoms with E-state index in [-0.39, 0.29) is 18.8 Å². The summed E-state index contributed by atoms with van der Waals surface area (Å²) in [5.74, 6) is 0.901. The number of carbonyl (C=O) groups is 2. The van der Waals surface area contributed by atoms with Crippen LogP contribution in [0.2, 0.25) is 0 Å². The molecular weight excluding hydrogens is 170 g/mol. The molecule has 0 aromatic heterocycles. The Hall–Kier alpha value is -1.50. The fourth-order valence-electron chi connectivity index (χ4n) is 0.797. The van der Waals surface area contributed by atoms with Gasteiger partial charge >= 0.3 is 5.97 Å². The molecule has 0 aromatic carbocycles.